The molecule has 2 aliphatic heterocycles. The van der Waals surface area contributed by atoms with Crippen molar-refractivity contribution in [1.82, 2.24) is 4.90 Å². The van der Waals surface area contributed by atoms with E-state index in [1.165, 1.54) is 18.2 Å². The molecule has 2 unspecified atom stereocenters. The number of hydrogen-bond donors (Lipinski definition) is 1. The zero-order valence-electron chi connectivity index (χ0n) is 15.2. The number of carbonyl (C=O) groups is 1. The van der Waals surface area contributed by atoms with Gasteiger partial charge in [0, 0.05) is 29.4 Å². The molecule has 0 saturated carbocycles. The first-order chi connectivity index (χ1) is 13.5. The van der Waals surface area contributed by atoms with Crippen LogP contribution in [0.25, 0.3) is 0 Å². The number of phenolic OH excluding ortho intramolecular Hbond substituents is 1. The van der Waals surface area contributed by atoms with E-state index in [4.69, 9.17) is 9.47 Å². The fraction of sp³-hybridized carbons (Fsp3) is 0.381. The topological polar surface area (TPSA) is 59.0 Å². The summed E-state index contributed by atoms with van der Waals surface area (Å²) in [6, 6.07) is 11.2. The molecule has 2 aliphatic rings. The summed E-state index contributed by atoms with van der Waals surface area (Å²) in [5, 5.41) is 9.90. The minimum atomic E-state index is -0.287. The predicted molar refractivity (Wildman–Crippen MR) is 105 cm³/mol. The Morgan fingerprint density at radius 1 is 1.14 bits per heavy atom. The van der Waals surface area contributed by atoms with Gasteiger partial charge < -0.3 is 19.5 Å². The highest BCUT2D eigenvalue weighted by Crippen LogP contribution is 2.37. The van der Waals surface area contributed by atoms with E-state index in [9.17, 15) is 14.3 Å². The third-order valence-electron chi connectivity index (χ3n) is 5.37. The summed E-state index contributed by atoms with van der Waals surface area (Å²) in [4.78, 5) is 14.7. The molecule has 2 aromatic rings. The van der Waals surface area contributed by atoms with Crippen LogP contribution < -0.4 is 9.47 Å². The molecule has 7 heteroatoms. The van der Waals surface area contributed by atoms with Gasteiger partial charge in [0.25, 0.3) is 5.91 Å². The molecule has 28 heavy (non-hydrogen) atoms. The molecule has 4 rings (SSSR count). The van der Waals surface area contributed by atoms with Crippen molar-refractivity contribution in [3.05, 3.63) is 52.8 Å². The Morgan fingerprint density at radius 3 is 2.46 bits per heavy atom. The maximum absolute atomic E-state index is 13.0. The monoisotopic (exact) mass is 449 g/mol. The number of rotatable bonds is 5. The van der Waals surface area contributed by atoms with Gasteiger partial charge in [-0.05, 0) is 55.3 Å². The second-order valence-electron chi connectivity index (χ2n) is 7.25. The van der Waals surface area contributed by atoms with Crippen LogP contribution >= 0.6 is 15.9 Å². The first-order valence-electron chi connectivity index (χ1n) is 9.34. The summed E-state index contributed by atoms with van der Waals surface area (Å²) in [5.41, 5.74) is 0. The van der Waals surface area contributed by atoms with Gasteiger partial charge in [-0.3, -0.25) is 4.79 Å². The quantitative estimate of drug-likeness (QED) is 0.739. The fourth-order valence-electron chi connectivity index (χ4n) is 4.16. The maximum Gasteiger partial charge on any atom is 0.261 e. The van der Waals surface area contributed by atoms with Crippen LogP contribution in [0.2, 0.25) is 0 Å². The van der Waals surface area contributed by atoms with Crippen LogP contribution in [-0.2, 0) is 4.79 Å². The molecular weight excluding hydrogens is 429 g/mol. The molecule has 1 amide bonds. The molecular formula is C21H21BrFNO4. The first kappa shape index (κ1) is 19.1. The van der Waals surface area contributed by atoms with E-state index >= 15 is 0 Å². The highest BCUT2D eigenvalue weighted by Gasteiger charge is 2.44. The van der Waals surface area contributed by atoms with Crippen molar-refractivity contribution >= 4 is 21.8 Å². The third-order valence-corrected chi connectivity index (χ3v) is 5.86. The number of piperidine rings is 1. The molecule has 2 heterocycles. The summed E-state index contributed by atoms with van der Waals surface area (Å²) >= 11 is 3.27. The van der Waals surface area contributed by atoms with Crippen LogP contribution in [0.4, 0.5) is 4.39 Å². The highest BCUT2D eigenvalue weighted by atomic mass is 79.9. The van der Waals surface area contributed by atoms with Gasteiger partial charge in [-0.1, -0.05) is 15.9 Å². The van der Waals surface area contributed by atoms with Crippen molar-refractivity contribution in [3.63, 3.8) is 0 Å². The predicted octanol–water partition coefficient (Wildman–Crippen LogP) is 4.27. The molecule has 0 aliphatic carbocycles. The van der Waals surface area contributed by atoms with Crippen molar-refractivity contribution in [2.24, 2.45) is 0 Å². The molecule has 2 fully saturated rings. The van der Waals surface area contributed by atoms with Gasteiger partial charge in [-0.2, -0.15) is 0 Å². The van der Waals surface area contributed by atoms with E-state index in [0.29, 0.717) is 11.5 Å². The summed E-state index contributed by atoms with van der Waals surface area (Å²) in [5.74, 6) is 0.578. The average molecular weight is 450 g/mol. The largest absolute Gasteiger partial charge is 0.504 e. The molecule has 0 radical (unpaired) electrons. The molecule has 0 spiro atoms. The number of ether oxygens (including phenoxy) is 2. The van der Waals surface area contributed by atoms with Gasteiger partial charge in [-0.25, -0.2) is 4.39 Å². The van der Waals surface area contributed by atoms with Crippen molar-refractivity contribution in [3.8, 4) is 17.2 Å². The highest BCUT2D eigenvalue weighted by molar-refractivity contribution is 9.10. The molecule has 2 saturated heterocycles. The maximum atomic E-state index is 13.0. The van der Waals surface area contributed by atoms with E-state index in [2.05, 4.69) is 15.9 Å². The van der Waals surface area contributed by atoms with Crippen molar-refractivity contribution < 1.29 is 23.8 Å². The Hall–Kier alpha value is -2.28. The number of amides is 1. The number of aromatic hydroxyl groups is 1. The summed E-state index contributed by atoms with van der Waals surface area (Å²) in [6.45, 7) is -0.105. The number of carbonyl (C=O) groups excluding carboxylic acids is 1. The summed E-state index contributed by atoms with van der Waals surface area (Å²) < 4.78 is 25.3. The van der Waals surface area contributed by atoms with Crippen LogP contribution in [0.15, 0.2) is 46.9 Å². The lowest BCUT2D eigenvalue weighted by Gasteiger charge is -2.38. The Bertz CT molecular complexity index is 846. The van der Waals surface area contributed by atoms with E-state index in [1.54, 1.807) is 24.3 Å². The lowest BCUT2D eigenvalue weighted by atomic mass is 9.99. The summed E-state index contributed by atoms with van der Waals surface area (Å²) in [6.07, 6.45) is 3.42. The van der Waals surface area contributed by atoms with Gasteiger partial charge in [0.15, 0.2) is 18.1 Å². The van der Waals surface area contributed by atoms with Crippen LogP contribution in [-0.4, -0.2) is 40.7 Å². The number of benzene rings is 2. The van der Waals surface area contributed by atoms with Gasteiger partial charge in [0.05, 0.1) is 0 Å². The van der Waals surface area contributed by atoms with Gasteiger partial charge in [0.2, 0.25) is 0 Å². The minimum absolute atomic E-state index is 0.00319. The zero-order valence-corrected chi connectivity index (χ0v) is 16.8. The van der Waals surface area contributed by atoms with Crippen LogP contribution in [0.3, 0.4) is 0 Å². The third kappa shape index (κ3) is 4.09. The van der Waals surface area contributed by atoms with Crippen molar-refractivity contribution in [2.75, 3.05) is 6.61 Å². The number of halogens is 2. The average Bonchev–Trinajstić information content (AvgIpc) is 2.93. The van der Waals surface area contributed by atoms with Gasteiger partial charge in [0.1, 0.15) is 17.7 Å². The van der Waals surface area contributed by atoms with E-state index in [0.717, 1.165) is 30.2 Å². The lowest BCUT2D eigenvalue weighted by Crippen LogP contribution is -2.50. The Labute approximate surface area is 171 Å². The number of nitrogens with zero attached hydrogens (tertiary/aromatic N) is 1. The second-order valence-corrected chi connectivity index (χ2v) is 8.17. The number of hydrogen-bond acceptors (Lipinski definition) is 4. The number of phenols is 1. The van der Waals surface area contributed by atoms with E-state index in [-0.39, 0.29) is 42.3 Å². The zero-order chi connectivity index (χ0) is 19.7. The van der Waals surface area contributed by atoms with Crippen LogP contribution in [0.5, 0.6) is 17.2 Å². The fourth-order valence-corrected chi connectivity index (χ4v) is 4.51. The van der Waals surface area contributed by atoms with Crippen molar-refractivity contribution in [2.45, 2.75) is 43.9 Å². The van der Waals surface area contributed by atoms with Gasteiger partial charge >= 0.3 is 0 Å². The molecule has 2 bridgehead atoms. The minimum Gasteiger partial charge on any atom is -0.504 e. The lowest BCUT2D eigenvalue weighted by molar-refractivity contribution is -0.139. The summed E-state index contributed by atoms with van der Waals surface area (Å²) in [7, 11) is 0. The number of fused-ring (bicyclic) bond motifs is 2. The second kappa shape index (κ2) is 7.99. The SMILES string of the molecule is O=C(COc1ccc(Br)cc1O)N1C2CCC1CC(Oc1ccc(F)cc1)C2. The first-order valence-corrected chi connectivity index (χ1v) is 10.1. The van der Waals surface area contributed by atoms with Gasteiger partial charge in [-0.15, -0.1) is 0 Å². The molecule has 148 valence electrons. The van der Waals surface area contributed by atoms with Crippen LogP contribution in [0.1, 0.15) is 25.7 Å². The molecule has 0 aromatic heterocycles. The van der Waals surface area contributed by atoms with Crippen molar-refractivity contribution in [1.29, 1.82) is 0 Å². The Morgan fingerprint density at radius 2 is 1.82 bits per heavy atom. The Balaban J connectivity index is 1.35. The van der Waals surface area contributed by atoms with Crippen LogP contribution in [0, 0.1) is 5.82 Å². The molecule has 2 atom stereocenters. The van der Waals surface area contributed by atoms with E-state index in [1.807, 2.05) is 4.90 Å². The standard InChI is InChI=1S/C21H21BrFNO4/c22-13-1-8-20(19(25)9-13)27-12-21(26)24-15-4-5-16(24)11-18(10-15)28-17-6-2-14(23)3-7-17/h1-3,6-9,15-16,18,25H,4-5,10-12H2. The Kier molecular flexibility index (Phi) is 5.44. The molecule has 2 aromatic carbocycles. The molecule has 1 N–H and O–H groups in total. The molecule has 5 nitrogen and oxygen atoms in total. The smallest absolute Gasteiger partial charge is 0.261 e. The van der Waals surface area contributed by atoms with E-state index < -0.39 is 0 Å². The normalized spacial score (nSPS) is 23.5.